The summed E-state index contributed by atoms with van der Waals surface area (Å²) < 4.78 is 0.311. The van der Waals surface area contributed by atoms with E-state index in [0.29, 0.717) is 16.0 Å². The minimum atomic E-state index is -0.255. The summed E-state index contributed by atoms with van der Waals surface area (Å²) in [7, 11) is 0. The monoisotopic (exact) mass is 260 g/mol. The highest BCUT2D eigenvalue weighted by atomic mass is 32.1. The van der Waals surface area contributed by atoms with E-state index in [9.17, 15) is 4.79 Å². The topological polar surface area (TPSA) is 73.0 Å². The standard InChI is InChI=1S/C12H12N4OS/c1-8-10(11(17)15-12(18)14-8)7-13-16-9-5-3-2-4-6-9/h2-7,16H,1H3,(H2,14,15,17,18)/b13-7+. The molecule has 2 aromatic rings. The molecule has 0 aliphatic rings. The molecule has 6 heteroatoms. The van der Waals surface area contributed by atoms with Crippen LogP contribution in [-0.2, 0) is 0 Å². The number of aromatic amines is 2. The third-order valence-electron chi connectivity index (χ3n) is 2.34. The molecule has 0 atom stereocenters. The quantitative estimate of drug-likeness (QED) is 0.450. The number of aromatic nitrogens is 2. The van der Waals surface area contributed by atoms with Crippen molar-refractivity contribution in [2.24, 2.45) is 5.10 Å². The van der Waals surface area contributed by atoms with Crippen molar-refractivity contribution in [3.8, 4) is 0 Å². The summed E-state index contributed by atoms with van der Waals surface area (Å²) in [5, 5.41) is 4.01. The number of para-hydroxylation sites is 1. The molecule has 0 fully saturated rings. The Morgan fingerprint density at radius 3 is 2.67 bits per heavy atom. The summed E-state index contributed by atoms with van der Waals surface area (Å²) in [4.78, 5) is 17.0. The predicted octanol–water partition coefficient (Wildman–Crippen LogP) is 2.19. The Hall–Kier alpha value is -2.21. The first-order chi connectivity index (χ1) is 8.66. The molecule has 3 N–H and O–H groups in total. The number of hydrazone groups is 1. The highest BCUT2D eigenvalue weighted by Crippen LogP contribution is 2.04. The highest BCUT2D eigenvalue weighted by Gasteiger charge is 2.00. The number of hydrogen-bond acceptors (Lipinski definition) is 4. The van der Waals surface area contributed by atoms with E-state index in [1.165, 1.54) is 6.21 Å². The fraction of sp³-hybridized carbons (Fsp3) is 0.0833. The van der Waals surface area contributed by atoms with Crippen LogP contribution < -0.4 is 11.0 Å². The van der Waals surface area contributed by atoms with Gasteiger partial charge in [0.1, 0.15) is 0 Å². The number of nitrogens with one attached hydrogen (secondary N) is 3. The third kappa shape index (κ3) is 2.92. The Morgan fingerprint density at radius 2 is 2.00 bits per heavy atom. The molecule has 5 nitrogen and oxygen atoms in total. The van der Waals surface area contributed by atoms with Crippen LogP contribution >= 0.6 is 12.2 Å². The lowest BCUT2D eigenvalue weighted by Crippen LogP contribution is -2.16. The highest BCUT2D eigenvalue weighted by molar-refractivity contribution is 7.71. The first kappa shape index (κ1) is 12.3. The van der Waals surface area contributed by atoms with Crippen molar-refractivity contribution in [2.75, 3.05) is 5.43 Å². The van der Waals surface area contributed by atoms with E-state index in [1.54, 1.807) is 6.92 Å². The van der Waals surface area contributed by atoms with Gasteiger partial charge in [0.25, 0.3) is 5.56 Å². The minimum absolute atomic E-state index is 0.255. The van der Waals surface area contributed by atoms with Crippen molar-refractivity contribution in [1.82, 2.24) is 9.97 Å². The van der Waals surface area contributed by atoms with Crippen molar-refractivity contribution in [3.63, 3.8) is 0 Å². The molecule has 18 heavy (non-hydrogen) atoms. The number of benzene rings is 1. The molecule has 0 aliphatic heterocycles. The third-order valence-corrected chi connectivity index (χ3v) is 2.54. The fourth-order valence-electron chi connectivity index (χ4n) is 1.45. The summed E-state index contributed by atoms with van der Waals surface area (Å²) in [6.07, 6.45) is 1.46. The second-order valence-electron chi connectivity index (χ2n) is 3.68. The molecular formula is C12H12N4OS. The van der Waals surface area contributed by atoms with Gasteiger partial charge >= 0.3 is 0 Å². The molecule has 1 aromatic heterocycles. The van der Waals surface area contributed by atoms with E-state index < -0.39 is 0 Å². The molecule has 1 heterocycles. The van der Waals surface area contributed by atoms with Gasteiger partial charge in [0.2, 0.25) is 0 Å². The maximum atomic E-state index is 11.6. The van der Waals surface area contributed by atoms with Gasteiger partial charge in [-0.1, -0.05) is 18.2 Å². The molecule has 0 radical (unpaired) electrons. The van der Waals surface area contributed by atoms with E-state index in [-0.39, 0.29) is 5.56 Å². The second kappa shape index (κ2) is 5.42. The fourth-order valence-corrected chi connectivity index (χ4v) is 1.69. The van der Waals surface area contributed by atoms with Gasteiger partial charge in [-0.3, -0.25) is 15.2 Å². The van der Waals surface area contributed by atoms with Gasteiger partial charge in [-0.2, -0.15) is 5.10 Å². The van der Waals surface area contributed by atoms with Crippen LogP contribution in [0.5, 0.6) is 0 Å². The summed E-state index contributed by atoms with van der Waals surface area (Å²) in [6.45, 7) is 1.77. The molecule has 0 aliphatic carbocycles. The summed E-state index contributed by atoms with van der Waals surface area (Å²) in [5.41, 5.74) is 4.57. The van der Waals surface area contributed by atoms with Gasteiger partial charge < -0.3 is 4.98 Å². The number of rotatable bonds is 3. The summed E-state index contributed by atoms with van der Waals surface area (Å²) in [6, 6.07) is 9.48. The van der Waals surface area contributed by atoms with Crippen LogP contribution in [0.2, 0.25) is 0 Å². The molecule has 0 unspecified atom stereocenters. The van der Waals surface area contributed by atoms with Crippen molar-refractivity contribution in [2.45, 2.75) is 6.92 Å². The van der Waals surface area contributed by atoms with E-state index >= 15 is 0 Å². The molecule has 2 rings (SSSR count). The Balaban J connectivity index is 2.20. The lowest BCUT2D eigenvalue weighted by Gasteiger charge is -2.00. The SMILES string of the molecule is Cc1[nH]c(=S)[nH]c(=O)c1/C=N/Nc1ccccc1. The maximum absolute atomic E-state index is 11.6. The van der Waals surface area contributed by atoms with Crippen molar-refractivity contribution < 1.29 is 0 Å². The van der Waals surface area contributed by atoms with Gasteiger partial charge in [0.15, 0.2) is 4.77 Å². The smallest absolute Gasteiger partial charge is 0.260 e. The number of aryl methyl sites for hydroxylation is 1. The normalized spacial score (nSPS) is 10.7. The molecule has 0 saturated carbocycles. The summed E-state index contributed by atoms with van der Waals surface area (Å²) in [5.74, 6) is 0. The molecule has 0 saturated heterocycles. The van der Waals surface area contributed by atoms with Crippen LogP contribution in [0.25, 0.3) is 0 Å². The zero-order valence-electron chi connectivity index (χ0n) is 9.73. The Labute approximate surface area is 109 Å². The molecule has 0 bridgehead atoms. The van der Waals surface area contributed by atoms with Crippen LogP contribution in [-0.4, -0.2) is 16.2 Å². The number of anilines is 1. The maximum Gasteiger partial charge on any atom is 0.260 e. The zero-order chi connectivity index (χ0) is 13.0. The van der Waals surface area contributed by atoms with E-state index in [1.807, 2.05) is 30.3 Å². The van der Waals surface area contributed by atoms with Gasteiger partial charge in [-0.05, 0) is 31.3 Å². The van der Waals surface area contributed by atoms with Crippen LogP contribution in [0.4, 0.5) is 5.69 Å². The van der Waals surface area contributed by atoms with E-state index in [0.717, 1.165) is 5.69 Å². The first-order valence-corrected chi connectivity index (χ1v) is 5.75. The average molecular weight is 260 g/mol. The minimum Gasteiger partial charge on any atom is -0.335 e. The van der Waals surface area contributed by atoms with Crippen molar-refractivity contribution in [3.05, 3.63) is 56.7 Å². The zero-order valence-corrected chi connectivity index (χ0v) is 10.5. The van der Waals surface area contributed by atoms with Crippen LogP contribution in [0.15, 0.2) is 40.2 Å². The Bertz CT molecular complexity index is 672. The largest absolute Gasteiger partial charge is 0.335 e. The number of H-pyrrole nitrogens is 2. The molecule has 92 valence electrons. The van der Waals surface area contributed by atoms with Gasteiger partial charge in [-0.25, -0.2) is 0 Å². The molecular weight excluding hydrogens is 248 g/mol. The Kier molecular flexibility index (Phi) is 3.69. The van der Waals surface area contributed by atoms with Crippen molar-refractivity contribution >= 4 is 24.1 Å². The Morgan fingerprint density at radius 1 is 1.28 bits per heavy atom. The first-order valence-electron chi connectivity index (χ1n) is 5.34. The van der Waals surface area contributed by atoms with E-state index in [4.69, 9.17) is 12.2 Å². The number of hydrogen-bond donors (Lipinski definition) is 3. The van der Waals surface area contributed by atoms with Gasteiger partial charge in [-0.15, -0.1) is 0 Å². The molecule has 1 aromatic carbocycles. The van der Waals surface area contributed by atoms with Crippen LogP contribution in [0.1, 0.15) is 11.3 Å². The second-order valence-corrected chi connectivity index (χ2v) is 4.09. The van der Waals surface area contributed by atoms with Crippen molar-refractivity contribution in [1.29, 1.82) is 0 Å². The van der Waals surface area contributed by atoms with Gasteiger partial charge in [0.05, 0.1) is 17.5 Å². The lowest BCUT2D eigenvalue weighted by atomic mass is 10.2. The van der Waals surface area contributed by atoms with Gasteiger partial charge in [0, 0.05) is 5.69 Å². The van der Waals surface area contributed by atoms with Crippen LogP contribution in [0, 0.1) is 11.7 Å². The van der Waals surface area contributed by atoms with E-state index in [2.05, 4.69) is 20.5 Å². The molecule has 0 spiro atoms. The average Bonchev–Trinajstić information content (AvgIpc) is 2.34. The summed E-state index contributed by atoms with van der Waals surface area (Å²) >= 11 is 4.86. The van der Waals surface area contributed by atoms with Crippen LogP contribution in [0.3, 0.4) is 0 Å². The number of nitrogens with zero attached hydrogens (tertiary/aromatic N) is 1. The molecule has 0 amide bonds. The predicted molar refractivity (Wildman–Crippen MR) is 74.6 cm³/mol. The lowest BCUT2D eigenvalue weighted by molar-refractivity contribution is 1.03.